The molecule has 0 aromatic heterocycles. The van der Waals surface area contributed by atoms with Gasteiger partial charge in [-0.25, -0.2) is 0 Å². The predicted molar refractivity (Wildman–Crippen MR) is 85.0 cm³/mol. The van der Waals surface area contributed by atoms with Crippen LogP contribution in [-0.2, 0) is 13.1 Å². The zero-order valence-corrected chi connectivity index (χ0v) is 13.8. The molecule has 104 valence electrons. The first-order valence-electron chi connectivity index (χ1n) is 6.26. The third-order valence-electron chi connectivity index (χ3n) is 3.13. The van der Waals surface area contributed by atoms with Crippen molar-refractivity contribution in [3.63, 3.8) is 0 Å². The lowest BCUT2D eigenvalue weighted by Gasteiger charge is -2.09. The molecule has 0 aliphatic carbocycles. The molecular weight excluding hydrogens is 386 g/mol. The van der Waals surface area contributed by atoms with Crippen LogP contribution in [0, 0.1) is 0 Å². The van der Waals surface area contributed by atoms with E-state index in [0.717, 1.165) is 39.1 Å². The molecule has 5 heteroatoms. The van der Waals surface area contributed by atoms with Gasteiger partial charge in [0, 0.05) is 22.0 Å². The second-order valence-corrected chi connectivity index (χ2v) is 6.20. The molecule has 20 heavy (non-hydrogen) atoms. The summed E-state index contributed by atoms with van der Waals surface area (Å²) in [5.74, 6) is 1.61. The van der Waals surface area contributed by atoms with E-state index < -0.39 is 0 Å². The molecule has 0 spiro atoms. The van der Waals surface area contributed by atoms with Crippen molar-refractivity contribution in [3.05, 3.63) is 56.5 Å². The van der Waals surface area contributed by atoms with Crippen LogP contribution in [0.25, 0.3) is 0 Å². The van der Waals surface area contributed by atoms with Crippen LogP contribution in [0.15, 0.2) is 45.3 Å². The summed E-state index contributed by atoms with van der Waals surface area (Å²) in [7, 11) is 0. The first-order chi connectivity index (χ1) is 9.74. The number of ether oxygens (including phenoxy) is 2. The molecule has 2 aromatic carbocycles. The quantitative estimate of drug-likeness (QED) is 0.835. The number of fused-ring (bicyclic) bond motifs is 1. The summed E-state index contributed by atoms with van der Waals surface area (Å²) >= 11 is 7.12. The van der Waals surface area contributed by atoms with E-state index >= 15 is 0 Å². The Balaban J connectivity index is 1.66. The molecule has 0 bridgehead atoms. The van der Waals surface area contributed by atoms with Crippen LogP contribution in [0.2, 0.25) is 0 Å². The number of halogens is 2. The highest BCUT2D eigenvalue weighted by molar-refractivity contribution is 9.10. The van der Waals surface area contributed by atoms with Crippen molar-refractivity contribution in [2.75, 3.05) is 6.79 Å². The molecule has 1 aliphatic heterocycles. The van der Waals surface area contributed by atoms with Gasteiger partial charge in [0.05, 0.1) is 0 Å². The van der Waals surface area contributed by atoms with Gasteiger partial charge in [-0.15, -0.1) is 0 Å². The van der Waals surface area contributed by atoms with Gasteiger partial charge in [0.25, 0.3) is 0 Å². The third-order valence-corrected chi connectivity index (χ3v) is 4.64. The van der Waals surface area contributed by atoms with Crippen molar-refractivity contribution >= 4 is 31.9 Å². The van der Waals surface area contributed by atoms with Crippen LogP contribution in [-0.4, -0.2) is 6.79 Å². The minimum atomic E-state index is 0.301. The molecule has 1 heterocycles. The molecule has 0 amide bonds. The maximum Gasteiger partial charge on any atom is 0.231 e. The highest BCUT2D eigenvalue weighted by Gasteiger charge is 2.16. The molecule has 0 atom stereocenters. The van der Waals surface area contributed by atoms with E-state index in [1.807, 2.05) is 30.3 Å². The van der Waals surface area contributed by atoms with Gasteiger partial charge in [-0.1, -0.05) is 50.1 Å². The van der Waals surface area contributed by atoms with Crippen molar-refractivity contribution in [2.45, 2.75) is 13.1 Å². The van der Waals surface area contributed by atoms with Crippen LogP contribution in [0.1, 0.15) is 11.1 Å². The average molecular weight is 399 g/mol. The van der Waals surface area contributed by atoms with Crippen molar-refractivity contribution in [3.8, 4) is 11.5 Å². The Morgan fingerprint density at radius 1 is 0.900 bits per heavy atom. The first kappa shape index (κ1) is 13.9. The molecular formula is C15H13Br2NO2. The van der Waals surface area contributed by atoms with E-state index in [1.54, 1.807) is 0 Å². The van der Waals surface area contributed by atoms with E-state index in [0.29, 0.717) is 6.79 Å². The molecule has 3 nitrogen and oxygen atoms in total. The number of hydrogen-bond donors (Lipinski definition) is 1. The fourth-order valence-corrected chi connectivity index (χ4v) is 2.96. The SMILES string of the molecule is Brc1ccccc1CNCc1cc2c(cc1Br)OCO2. The third kappa shape index (κ3) is 3.00. The highest BCUT2D eigenvalue weighted by atomic mass is 79.9. The summed E-state index contributed by atoms with van der Waals surface area (Å²) in [5, 5.41) is 3.43. The Morgan fingerprint density at radius 2 is 1.60 bits per heavy atom. The number of rotatable bonds is 4. The van der Waals surface area contributed by atoms with E-state index in [2.05, 4.69) is 43.2 Å². The molecule has 1 aliphatic rings. The predicted octanol–water partition coefficient (Wildman–Crippen LogP) is 4.23. The number of nitrogens with one attached hydrogen (secondary N) is 1. The van der Waals surface area contributed by atoms with E-state index in [4.69, 9.17) is 9.47 Å². The lowest BCUT2D eigenvalue weighted by atomic mass is 10.2. The minimum Gasteiger partial charge on any atom is -0.454 e. The second kappa shape index (κ2) is 6.16. The number of benzene rings is 2. The fourth-order valence-electron chi connectivity index (χ4n) is 2.07. The highest BCUT2D eigenvalue weighted by Crippen LogP contribution is 2.36. The van der Waals surface area contributed by atoms with Crippen molar-refractivity contribution in [2.24, 2.45) is 0 Å². The normalized spacial score (nSPS) is 12.7. The van der Waals surface area contributed by atoms with Crippen molar-refractivity contribution in [1.29, 1.82) is 0 Å². The molecule has 2 aromatic rings. The van der Waals surface area contributed by atoms with Crippen LogP contribution in [0.4, 0.5) is 0 Å². The first-order valence-corrected chi connectivity index (χ1v) is 7.85. The topological polar surface area (TPSA) is 30.5 Å². The summed E-state index contributed by atoms with van der Waals surface area (Å²) in [6.07, 6.45) is 0. The van der Waals surface area contributed by atoms with E-state index in [9.17, 15) is 0 Å². The summed E-state index contributed by atoms with van der Waals surface area (Å²) in [5.41, 5.74) is 2.39. The lowest BCUT2D eigenvalue weighted by Crippen LogP contribution is -2.13. The summed E-state index contributed by atoms with van der Waals surface area (Å²) in [6.45, 7) is 1.87. The van der Waals surface area contributed by atoms with Crippen molar-refractivity contribution < 1.29 is 9.47 Å². The van der Waals surface area contributed by atoms with Gasteiger partial charge in [0.2, 0.25) is 6.79 Å². The molecule has 0 fully saturated rings. The largest absolute Gasteiger partial charge is 0.454 e. The zero-order chi connectivity index (χ0) is 13.9. The summed E-state index contributed by atoms with van der Waals surface area (Å²) < 4.78 is 12.9. The van der Waals surface area contributed by atoms with Crippen molar-refractivity contribution in [1.82, 2.24) is 5.32 Å². The Hall–Kier alpha value is -1.04. The standard InChI is InChI=1S/C15H13Br2NO2/c16-12-4-2-1-3-10(12)7-18-8-11-5-14-15(6-13(11)17)20-9-19-14/h1-6,18H,7-9H2. The molecule has 0 radical (unpaired) electrons. The maximum atomic E-state index is 5.40. The Bertz CT molecular complexity index is 631. The van der Waals surface area contributed by atoms with E-state index in [-0.39, 0.29) is 0 Å². The molecule has 3 rings (SSSR count). The van der Waals surface area contributed by atoms with Gasteiger partial charge in [-0.2, -0.15) is 0 Å². The maximum absolute atomic E-state index is 5.40. The van der Waals surface area contributed by atoms with Gasteiger partial charge in [0.15, 0.2) is 11.5 Å². The van der Waals surface area contributed by atoms with Gasteiger partial charge >= 0.3 is 0 Å². The number of hydrogen-bond acceptors (Lipinski definition) is 3. The average Bonchev–Trinajstić information content (AvgIpc) is 2.88. The molecule has 0 unspecified atom stereocenters. The fraction of sp³-hybridized carbons (Fsp3) is 0.200. The zero-order valence-electron chi connectivity index (χ0n) is 10.7. The Labute approximate surface area is 134 Å². The monoisotopic (exact) mass is 397 g/mol. The van der Waals surface area contributed by atoms with Crippen LogP contribution < -0.4 is 14.8 Å². The minimum absolute atomic E-state index is 0.301. The smallest absolute Gasteiger partial charge is 0.231 e. The van der Waals surface area contributed by atoms with Crippen LogP contribution in [0.3, 0.4) is 0 Å². The van der Waals surface area contributed by atoms with Crippen LogP contribution >= 0.6 is 31.9 Å². The summed E-state index contributed by atoms with van der Waals surface area (Å²) in [4.78, 5) is 0. The Kier molecular flexibility index (Phi) is 4.29. The Morgan fingerprint density at radius 3 is 2.40 bits per heavy atom. The lowest BCUT2D eigenvalue weighted by molar-refractivity contribution is 0.174. The molecule has 0 saturated heterocycles. The van der Waals surface area contributed by atoms with Gasteiger partial charge in [0.1, 0.15) is 0 Å². The van der Waals surface area contributed by atoms with Crippen LogP contribution in [0.5, 0.6) is 11.5 Å². The van der Waals surface area contributed by atoms with Gasteiger partial charge < -0.3 is 14.8 Å². The van der Waals surface area contributed by atoms with Gasteiger partial charge in [-0.3, -0.25) is 0 Å². The van der Waals surface area contributed by atoms with E-state index in [1.165, 1.54) is 5.56 Å². The molecule has 0 saturated carbocycles. The molecule has 1 N–H and O–H groups in total. The summed E-state index contributed by atoms with van der Waals surface area (Å²) in [6, 6.07) is 12.2. The second-order valence-electron chi connectivity index (χ2n) is 4.49. The van der Waals surface area contributed by atoms with Gasteiger partial charge in [-0.05, 0) is 29.3 Å².